The normalized spacial score (nSPS) is 9.71. The van der Waals surface area contributed by atoms with E-state index in [1.807, 2.05) is 36.4 Å². The van der Waals surface area contributed by atoms with Gasteiger partial charge in [0.15, 0.2) is 10.4 Å². The van der Waals surface area contributed by atoms with Gasteiger partial charge in [0.2, 0.25) is 0 Å². The zero-order valence-corrected chi connectivity index (χ0v) is 8.75. The van der Waals surface area contributed by atoms with E-state index < -0.39 is 0 Å². The molecule has 4 heteroatoms. The van der Waals surface area contributed by atoms with Crippen LogP contribution in [0.3, 0.4) is 0 Å². The Hall–Kier alpha value is -1.60. The highest BCUT2D eigenvalue weighted by molar-refractivity contribution is 9.10. The Morgan fingerprint density at radius 3 is 2.64 bits per heavy atom. The van der Waals surface area contributed by atoms with E-state index in [1.165, 1.54) is 0 Å². The Morgan fingerprint density at radius 1 is 1.29 bits per heavy atom. The number of aromatic amines is 1. The molecule has 0 radical (unpaired) electrons. The second-order valence-electron chi connectivity index (χ2n) is 2.73. The number of aromatic nitrogens is 2. The van der Waals surface area contributed by atoms with Crippen LogP contribution in [0.5, 0.6) is 0 Å². The largest absolute Gasteiger partial charge is 0.331 e. The molecule has 1 aromatic carbocycles. The molecule has 2 rings (SSSR count). The van der Waals surface area contributed by atoms with Crippen LogP contribution in [0.15, 0.2) is 35.1 Å². The SMILES string of the molecule is N#Cc1nc(Br)[nH]c1-c1ccccc1. The number of hydrogen-bond donors (Lipinski definition) is 1. The summed E-state index contributed by atoms with van der Waals surface area (Å²) < 4.78 is 0.577. The van der Waals surface area contributed by atoms with Crippen LogP contribution in [0.2, 0.25) is 0 Å². The maximum atomic E-state index is 8.84. The van der Waals surface area contributed by atoms with Crippen LogP contribution < -0.4 is 0 Å². The Morgan fingerprint density at radius 2 is 2.00 bits per heavy atom. The molecule has 1 heterocycles. The molecule has 0 atom stereocenters. The third kappa shape index (κ3) is 1.54. The topological polar surface area (TPSA) is 52.5 Å². The van der Waals surface area contributed by atoms with E-state index in [0.717, 1.165) is 11.3 Å². The maximum absolute atomic E-state index is 8.84. The molecule has 1 N–H and O–H groups in total. The van der Waals surface area contributed by atoms with Crippen molar-refractivity contribution in [2.75, 3.05) is 0 Å². The van der Waals surface area contributed by atoms with Gasteiger partial charge in [-0.1, -0.05) is 30.3 Å². The lowest BCUT2D eigenvalue weighted by atomic mass is 10.1. The van der Waals surface area contributed by atoms with E-state index in [0.29, 0.717) is 10.4 Å². The molecular formula is C10H6BrN3. The first-order valence-corrected chi connectivity index (χ1v) is 4.81. The van der Waals surface area contributed by atoms with Crippen molar-refractivity contribution < 1.29 is 0 Å². The molecule has 0 aliphatic carbocycles. The minimum absolute atomic E-state index is 0.406. The lowest BCUT2D eigenvalue weighted by Crippen LogP contribution is -1.80. The Kier molecular flexibility index (Phi) is 2.33. The number of benzene rings is 1. The van der Waals surface area contributed by atoms with Crippen molar-refractivity contribution in [3.8, 4) is 17.3 Å². The van der Waals surface area contributed by atoms with Gasteiger partial charge in [0, 0.05) is 5.56 Å². The Balaban J connectivity index is 2.58. The van der Waals surface area contributed by atoms with Gasteiger partial charge in [-0.25, -0.2) is 4.98 Å². The smallest absolute Gasteiger partial charge is 0.176 e. The Bertz CT molecular complexity index is 482. The fourth-order valence-corrected chi connectivity index (χ4v) is 1.61. The molecule has 68 valence electrons. The molecule has 0 saturated carbocycles. The van der Waals surface area contributed by atoms with Gasteiger partial charge >= 0.3 is 0 Å². The molecule has 2 aromatic rings. The van der Waals surface area contributed by atoms with E-state index in [4.69, 9.17) is 5.26 Å². The van der Waals surface area contributed by atoms with Crippen molar-refractivity contribution >= 4 is 15.9 Å². The summed E-state index contributed by atoms with van der Waals surface area (Å²) in [5.41, 5.74) is 2.12. The molecule has 1 aromatic heterocycles. The zero-order valence-electron chi connectivity index (χ0n) is 7.16. The first-order valence-electron chi connectivity index (χ1n) is 4.02. The van der Waals surface area contributed by atoms with Crippen LogP contribution in [0.25, 0.3) is 11.3 Å². The van der Waals surface area contributed by atoms with Crippen molar-refractivity contribution in [1.82, 2.24) is 9.97 Å². The highest BCUT2D eigenvalue weighted by atomic mass is 79.9. The van der Waals surface area contributed by atoms with Crippen molar-refractivity contribution in [1.29, 1.82) is 5.26 Å². The second kappa shape index (κ2) is 3.64. The highest BCUT2D eigenvalue weighted by Crippen LogP contribution is 2.22. The average molecular weight is 248 g/mol. The molecule has 0 bridgehead atoms. The van der Waals surface area contributed by atoms with Gasteiger partial charge in [0.25, 0.3) is 0 Å². The van der Waals surface area contributed by atoms with E-state index in [1.54, 1.807) is 0 Å². The zero-order chi connectivity index (χ0) is 9.97. The number of nitriles is 1. The fraction of sp³-hybridized carbons (Fsp3) is 0. The third-order valence-electron chi connectivity index (χ3n) is 1.84. The summed E-state index contributed by atoms with van der Waals surface area (Å²) in [6.45, 7) is 0. The first kappa shape index (κ1) is 8.97. The second-order valence-corrected chi connectivity index (χ2v) is 3.48. The van der Waals surface area contributed by atoms with Gasteiger partial charge in [0.05, 0.1) is 5.69 Å². The molecule has 3 nitrogen and oxygen atoms in total. The van der Waals surface area contributed by atoms with Crippen molar-refractivity contribution in [3.05, 3.63) is 40.8 Å². The number of rotatable bonds is 1. The van der Waals surface area contributed by atoms with E-state index in [-0.39, 0.29) is 0 Å². The summed E-state index contributed by atoms with van der Waals surface area (Å²) in [5.74, 6) is 0. The summed E-state index contributed by atoms with van der Waals surface area (Å²) in [5, 5.41) is 8.84. The molecule has 0 fully saturated rings. The predicted octanol–water partition coefficient (Wildman–Crippen LogP) is 2.71. The Labute approximate surface area is 89.5 Å². The van der Waals surface area contributed by atoms with Crippen LogP contribution in [0.4, 0.5) is 0 Å². The minimum atomic E-state index is 0.406. The third-order valence-corrected chi connectivity index (χ3v) is 2.22. The molecule has 0 saturated heterocycles. The van der Waals surface area contributed by atoms with Crippen molar-refractivity contribution in [3.63, 3.8) is 0 Å². The number of halogens is 1. The van der Waals surface area contributed by atoms with Crippen LogP contribution >= 0.6 is 15.9 Å². The highest BCUT2D eigenvalue weighted by Gasteiger charge is 2.09. The average Bonchev–Trinajstić information content (AvgIpc) is 2.61. The lowest BCUT2D eigenvalue weighted by molar-refractivity contribution is 1.23. The molecule has 0 unspecified atom stereocenters. The van der Waals surface area contributed by atoms with Crippen molar-refractivity contribution in [2.45, 2.75) is 0 Å². The number of imidazole rings is 1. The summed E-state index contributed by atoms with van der Waals surface area (Å²) in [7, 11) is 0. The predicted molar refractivity (Wildman–Crippen MR) is 56.4 cm³/mol. The fourth-order valence-electron chi connectivity index (χ4n) is 1.24. The van der Waals surface area contributed by atoms with Gasteiger partial charge in [-0.2, -0.15) is 5.26 Å². The van der Waals surface area contributed by atoms with Crippen LogP contribution in [0, 0.1) is 11.3 Å². The monoisotopic (exact) mass is 247 g/mol. The van der Waals surface area contributed by atoms with Gasteiger partial charge < -0.3 is 4.98 Å². The first-order chi connectivity index (χ1) is 6.81. The summed E-state index contributed by atoms with van der Waals surface area (Å²) >= 11 is 3.20. The van der Waals surface area contributed by atoms with E-state index >= 15 is 0 Å². The van der Waals surface area contributed by atoms with Gasteiger partial charge in [0.1, 0.15) is 6.07 Å². The standard InChI is InChI=1S/C10H6BrN3/c11-10-13-8(6-12)9(14-10)7-4-2-1-3-5-7/h1-5H,(H,13,14). The molecule has 0 aliphatic rings. The number of hydrogen-bond acceptors (Lipinski definition) is 2. The van der Waals surface area contributed by atoms with Crippen LogP contribution in [-0.4, -0.2) is 9.97 Å². The summed E-state index contributed by atoms with van der Waals surface area (Å²) in [4.78, 5) is 7.00. The molecule has 0 amide bonds. The van der Waals surface area contributed by atoms with Gasteiger partial charge in [-0.3, -0.25) is 0 Å². The molecular weight excluding hydrogens is 242 g/mol. The van der Waals surface area contributed by atoms with Crippen LogP contribution in [0.1, 0.15) is 5.69 Å². The summed E-state index contributed by atoms with van der Waals surface area (Å²) in [6.07, 6.45) is 0. The quantitative estimate of drug-likeness (QED) is 0.843. The number of nitrogens with one attached hydrogen (secondary N) is 1. The van der Waals surface area contributed by atoms with E-state index in [2.05, 4.69) is 25.9 Å². The van der Waals surface area contributed by atoms with E-state index in [9.17, 15) is 0 Å². The van der Waals surface area contributed by atoms with Crippen LogP contribution in [-0.2, 0) is 0 Å². The summed E-state index contributed by atoms with van der Waals surface area (Å²) in [6, 6.07) is 11.7. The molecule has 0 spiro atoms. The molecule has 14 heavy (non-hydrogen) atoms. The molecule has 0 aliphatic heterocycles. The minimum Gasteiger partial charge on any atom is -0.331 e. The van der Waals surface area contributed by atoms with Crippen molar-refractivity contribution in [2.24, 2.45) is 0 Å². The maximum Gasteiger partial charge on any atom is 0.176 e. The van der Waals surface area contributed by atoms with Gasteiger partial charge in [-0.15, -0.1) is 0 Å². The lowest BCUT2D eigenvalue weighted by Gasteiger charge is -1.95. The van der Waals surface area contributed by atoms with Gasteiger partial charge in [-0.05, 0) is 15.9 Å². The number of nitrogens with zero attached hydrogens (tertiary/aromatic N) is 2. The number of H-pyrrole nitrogens is 1.